The molecule has 0 aliphatic heterocycles. The van der Waals surface area contributed by atoms with Crippen LogP contribution in [0.25, 0.3) is 10.9 Å². The summed E-state index contributed by atoms with van der Waals surface area (Å²) in [5.74, 6) is 0.308. The van der Waals surface area contributed by atoms with Crippen LogP contribution in [0, 0.1) is 0 Å². The van der Waals surface area contributed by atoms with Gasteiger partial charge in [-0.25, -0.2) is 4.98 Å². The standard InChI is InChI=1S/C21H21F3N2OS/c1-2-3-6-12-26-19(27)17-10-4-5-11-18(17)25-20(26)28-14-15-8-7-9-16(13-15)21(22,23)24/h4-5,7-11,13H,2-3,6,12,14H2,1H3. The summed E-state index contributed by atoms with van der Waals surface area (Å²) < 4.78 is 40.4. The Kier molecular flexibility index (Phi) is 6.44. The SMILES string of the molecule is CCCCCn1c(SCc2cccc(C(F)(F)F)c2)nc2ccccc2c1=O. The number of fused-ring (bicyclic) bond motifs is 1. The molecule has 0 bridgehead atoms. The number of thioether (sulfide) groups is 1. The van der Waals surface area contributed by atoms with Gasteiger partial charge >= 0.3 is 6.18 Å². The maximum atomic E-state index is 12.9. The molecule has 0 fully saturated rings. The molecule has 3 aromatic rings. The maximum absolute atomic E-state index is 12.9. The first-order chi connectivity index (χ1) is 13.4. The summed E-state index contributed by atoms with van der Waals surface area (Å²) in [6.45, 7) is 2.64. The summed E-state index contributed by atoms with van der Waals surface area (Å²) in [5, 5.41) is 1.10. The Balaban J connectivity index is 1.91. The van der Waals surface area contributed by atoms with Crippen molar-refractivity contribution in [2.45, 2.75) is 49.8 Å². The van der Waals surface area contributed by atoms with Crippen molar-refractivity contribution in [3.8, 4) is 0 Å². The second-order valence-corrected chi connectivity index (χ2v) is 7.50. The summed E-state index contributed by atoms with van der Waals surface area (Å²) in [6.07, 6.45) is -1.49. The van der Waals surface area contributed by atoms with Gasteiger partial charge in [0.2, 0.25) is 0 Å². The molecule has 0 saturated heterocycles. The number of nitrogens with zero attached hydrogens (tertiary/aromatic N) is 2. The van der Waals surface area contributed by atoms with E-state index in [1.807, 2.05) is 6.07 Å². The molecule has 2 aromatic carbocycles. The molecule has 0 amide bonds. The zero-order valence-electron chi connectivity index (χ0n) is 15.5. The van der Waals surface area contributed by atoms with Gasteiger partial charge in [-0.3, -0.25) is 9.36 Å². The van der Waals surface area contributed by atoms with E-state index in [1.54, 1.807) is 28.8 Å². The molecule has 0 spiro atoms. The number of aromatic nitrogens is 2. The first-order valence-corrected chi connectivity index (χ1v) is 10.2. The number of benzene rings is 2. The molecule has 3 rings (SSSR count). The van der Waals surface area contributed by atoms with Gasteiger partial charge in [0.05, 0.1) is 16.5 Å². The Morgan fingerprint density at radius 2 is 1.86 bits per heavy atom. The summed E-state index contributed by atoms with van der Waals surface area (Å²) in [7, 11) is 0. The largest absolute Gasteiger partial charge is 0.416 e. The lowest BCUT2D eigenvalue weighted by atomic mass is 10.1. The van der Waals surface area contributed by atoms with E-state index < -0.39 is 11.7 Å². The zero-order valence-corrected chi connectivity index (χ0v) is 16.3. The fourth-order valence-corrected chi connectivity index (χ4v) is 3.93. The van der Waals surface area contributed by atoms with Crippen LogP contribution in [-0.2, 0) is 18.5 Å². The highest BCUT2D eigenvalue weighted by Gasteiger charge is 2.30. The second-order valence-electron chi connectivity index (χ2n) is 6.56. The number of hydrogen-bond donors (Lipinski definition) is 0. The van der Waals surface area contributed by atoms with Gasteiger partial charge in [-0.2, -0.15) is 13.2 Å². The monoisotopic (exact) mass is 406 g/mol. The van der Waals surface area contributed by atoms with Crippen molar-refractivity contribution < 1.29 is 13.2 Å². The highest BCUT2D eigenvalue weighted by atomic mass is 32.2. The molecule has 0 radical (unpaired) electrons. The van der Waals surface area contributed by atoms with Crippen LogP contribution in [0.2, 0.25) is 0 Å². The Morgan fingerprint density at radius 3 is 2.61 bits per heavy atom. The molecule has 28 heavy (non-hydrogen) atoms. The van der Waals surface area contributed by atoms with Crippen LogP contribution < -0.4 is 5.56 Å². The van der Waals surface area contributed by atoms with Gasteiger partial charge in [0.15, 0.2) is 5.16 Å². The Labute approximate surface area is 165 Å². The number of rotatable bonds is 7. The van der Waals surface area contributed by atoms with E-state index in [4.69, 9.17) is 0 Å². The molecule has 0 unspecified atom stereocenters. The molecule has 148 valence electrons. The van der Waals surface area contributed by atoms with Crippen molar-refractivity contribution in [2.75, 3.05) is 0 Å². The number of halogens is 3. The number of unbranched alkanes of at least 4 members (excludes halogenated alkanes) is 2. The van der Waals surface area contributed by atoms with Crippen molar-refractivity contribution in [3.63, 3.8) is 0 Å². The highest BCUT2D eigenvalue weighted by molar-refractivity contribution is 7.98. The van der Waals surface area contributed by atoms with Crippen molar-refractivity contribution in [1.29, 1.82) is 0 Å². The minimum Gasteiger partial charge on any atom is -0.287 e. The summed E-state index contributed by atoms with van der Waals surface area (Å²) >= 11 is 1.29. The fraction of sp³-hybridized carbons (Fsp3) is 0.333. The molecule has 0 aliphatic rings. The van der Waals surface area contributed by atoms with E-state index in [-0.39, 0.29) is 5.56 Å². The summed E-state index contributed by atoms with van der Waals surface area (Å²) in [5.41, 5.74) is 0.374. The zero-order chi connectivity index (χ0) is 20.1. The van der Waals surface area contributed by atoms with Crippen LogP contribution in [0.3, 0.4) is 0 Å². The van der Waals surface area contributed by atoms with Crippen molar-refractivity contribution in [2.24, 2.45) is 0 Å². The maximum Gasteiger partial charge on any atom is 0.416 e. The smallest absolute Gasteiger partial charge is 0.287 e. The van der Waals surface area contributed by atoms with Gasteiger partial charge < -0.3 is 0 Å². The molecule has 7 heteroatoms. The third-order valence-electron chi connectivity index (χ3n) is 4.43. The van der Waals surface area contributed by atoms with Crippen LogP contribution in [0.15, 0.2) is 58.5 Å². The fourth-order valence-electron chi connectivity index (χ4n) is 2.96. The quantitative estimate of drug-likeness (QED) is 0.278. The van der Waals surface area contributed by atoms with Gasteiger partial charge in [-0.05, 0) is 30.2 Å². The van der Waals surface area contributed by atoms with E-state index in [1.165, 1.54) is 17.8 Å². The molecular weight excluding hydrogens is 385 g/mol. The predicted molar refractivity (Wildman–Crippen MR) is 107 cm³/mol. The van der Waals surface area contributed by atoms with E-state index in [0.29, 0.717) is 33.9 Å². The minimum atomic E-state index is -4.37. The normalized spacial score (nSPS) is 11.9. The van der Waals surface area contributed by atoms with Crippen molar-refractivity contribution in [3.05, 3.63) is 70.0 Å². The van der Waals surface area contributed by atoms with Crippen molar-refractivity contribution in [1.82, 2.24) is 9.55 Å². The topological polar surface area (TPSA) is 34.9 Å². The molecule has 0 atom stereocenters. The molecule has 1 heterocycles. The molecular formula is C21H21F3N2OS. The summed E-state index contributed by atoms with van der Waals surface area (Å²) in [6, 6.07) is 12.4. The van der Waals surface area contributed by atoms with E-state index in [2.05, 4.69) is 11.9 Å². The van der Waals surface area contributed by atoms with Gasteiger partial charge in [0, 0.05) is 12.3 Å². The third-order valence-corrected chi connectivity index (χ3v) is 5.48. The number of hydrogen-bond acceptors (Lipinski definition) is 3. The number of alkyl halides is 3. The van der Waals surface area contributed by atoms with Crippen molar-refractivity contribution >= 4 is 22.7 Å². The third kappa shape index (κ3) is 4.76. The van der Waals surface area contributed by atoms with E-state index >= 15 is 0 Å². The highest BCUT2D eigenvalue weighted by Crippen LogP contribution is 2.31. The molecule has 0 saturated carbocycles. The molecule has 1 aromatic heterocycles. The van der Waals surface area contributed by atoms with E-state index in [9.17, 15) is 18.0 Å². The Morgan fingerprint density at radius 1 is 1.07 bits per heavy atom. The van der Waals surface area contributed by atoms with Crippen LogP contribution in [-0.4, -0.2) is 9.55 Å². The average molecular weight is 406 g/mol. The lowest BCUT2D eigenvalue weighted by Gasteiger charge is -2.13. The minimum absolute atomic E-state index is 0.103. The lowest BCUT2D eigenvalue weighted by Crippen LogP contribution is -2.23. The molecule has 3 nitrogen and oxygen atoms in total. The lowest BCUT2D eigenvalue weighted by molar-refractivity contribution is -0.137. The van der Waals surface area contributed by atoms with Crippen LogP contribution in [0.4, 0.5) is 13.2 Å². The first-order valence-electron chi connectivity index (χ1n) is 9.18. The van der Waals surface area contributed by atoms with Crippen LogP contribution in [0.1, 0.15) is 37.3 Å². The second kappa shape index (κ2) is 8.82. The average Bonchev–Trinajstić information content (AvgIpc) is 2.68. The number of para-hydroxylation sites is 1. The Hall–Kier alpha value is -2.28. The predicted octanol–water partition coefficient (Wildman–Crippen LogP) is 5.90. The summed E-state index contributed by atoms with van der Waals surface area (Å²) in [4.78, 5) is 17.5. The van der Waals surface area contributed by atoms with E-state index in [0.717, 1.165) is 31.4 Å². The molecule has 0 aliphatic carbocycles. The first kappa shape index (κ1) is 20.5. The van der Waals surface area contributed by atoms with Gasteiger partial charge in [-0.1, -0.05) is 61.9 Å². The van der Waals surface area contributed by atoms with Crippen LogP contribution in [0.5, 0.6) is 0 Å². The Bertz CT molecular complexity index is 1010. The van der Waals surface area contributed by atoms with Gasteiger partial charge in [0.25, 0.3) is 5.56 Å². The van der Waals surface area contributed by atoms with Crippen LogP contribution >= 0.6 is 11.8 Å². The van der Waals surface area contributed by atoms with Gasteiger partial charge in [0.1, 0.15) is 0 Å². The van der Waals surface area contributed by atoms with Gasteiger partial charge in [-0.15, -0.1) is 0 Å². The molecule has 0 N–H and O–H groups in total.